The summed E-state index contributed by atoms with van der Waals surface area (Å²) < 4.78 is 23.5. The van der Waals surface area contributed by atoms with Gasteiger partial charge in [0.1, 0.15) is 17.0 Å². The Morgan fingerprint density at radius 2 is 1.76 bits per heavy atom. The minimum atomic E-state index is -0.511. The van der Waals surface area contributed by atoms with E-state index in [1.807, 2.05) is 0 Å². The van der Waals surface area contributed by atoms with Crippen LogP contribution in [0.1, 0.15) is 23.0 Å². The largest absolute Gasteiger partial charge is 0.453 e. The van der Waals surface area contributed by atoms with Gasteiger partial charge in [-0.2, -0.15) is 0 Å². The molecule has 1 N–H and O–H groups in total. The summed E-state index contributed by atoms with van der Waals surface area (Å²) in [6, 6.07) is 5.59. The van der Waals surface area contributed by atoms with Crippen molar-refractivity contribution in [3.8, 4) is 22.6 Å². The second-order valence-electron chi connectivity index (χ2n) is 8.15. The second-order valence-corrected chi connectivity index (χ2v) is 8.15. The molecule has 1 aliphatic rings. The van der Waals surface area contributed by atoms with Crippen LogP contribution in [-0.2, 0) is 14.1 Å². The van der Waals surface area contributed by atoms with E-state index in [1.165, 1.54) is 32.2 Å². The maximum Gasteiger partial charge on any atom is 0.274 e. The monoisotopic (exact) mass is 448 g/mol. The van der Waals surface area contributed by atoms with E-state index in [0.717, 1.165) is 0 Å². The van der Waals surface area contributed by atoms with Crippen molar-refractivity contribution in [1.29, 1.82) is 0 Å². The predicted octanol–water partition coefficient (Wildman–Crippen LogP) is 3.45. The highest BCUT2D eigenvalue weighted by Crippen LogP contribution is 2.42. The molecule has 4 heterocycles. The number of hydrogen-bond acceptors (Lipinski definition) is 4. The highest BCUT2D eigenvalue weighted by molar-refractivity contribution is 6.10. The number of H-pyrrole nitrogens is 1. The molecular formula is C24H21FN4O4. The van der Waals surface area contributed by atoms with Crippen LogP contribution in [-0.4, -0.2) is 26.6 Å². The van der Waals surface area contributed by atoms with Gasteiger partial charge in [0.25, 0.3) is 17.0 Å². The van der Waals surface area contributed by atoms with Crippen LogP contribution in [0.2, 0.25) is 0 Å². The van der Waals surface area contributed by atoms with Crippen LogP contribution in [0, 0.1) is 12.7 Å². The normalized spacial score (nSPS) is 13.0. The van der Waals surface area contributed by atoms with E-state index in [4.69, 9.17) is 4.74 Å². The van der Waals surface area contributed by atoms with Gasteiger partial charge in [-0.3, -0.25) is 14.4 Å². The summed E-state index contributed by atoms with van der Waals surface area (Å²) in [7, 11) is 3.20. The molecule has 2 bridgehead atoms. The van der Waals surface area contributed by atoms with Crippen LogP contribution in [0.3, 0.4) is 0 Å². The minimum Gasteiger partial charge on any atom is -0.453 e. The van der Waals surface area contributed by atoms with Crippen molar-refractivity contribution >= 4 is 22.5 Å². The molecule has 1 aliphatic heterocycles. The molecule has 9 heteroatoms. The number of nitrogens with one attached hydrogen (secondary N) is 1. The highest BCUT2D eigenvalue weighted by Gasteiger charge is 2.27. The van der Waals surface area contributed by atoms with Crippen molar-refractivity contribution in [2.75, 3.05) is 11.4 Å². The van der Waals surface area contributed by atoms with Gasteiger partial charge in [-0.05, 0) is 31.5 Å². The molecule has 0 radical (unpaired) electrons. The molecule has 0 aliphatic carbocycles. The third-order valence-electron chi connectivity index (χ3n) is 5.96. The quantitative estimate of drug-likeness (QED) is 0.483. The summed E-state index contributed by atoms with van der Waals surface area (Å²) in [5.74, 6) is -0.304. The number of aromatic nitrogens is 3. The van der Waals surface area contributed by atoms with E-state index in [9.17, 15) is 18.8 Å². The molecule has 0 fully saturated rings. The zero-order chi connectivity index (χ0) is 23.6. The molecule has 3 aromatic heterocycles. The number of hydrogen-bond donors (Lipinski definition) is 1. The zero-order valence-electron chi connectivity index (χ0n) is 18.5. The van der Waals surface area contributed by atoms with Crippen molar-refractivity contribution < 1.29 is 13.9 Å². The van der Waals surface area contributed by atoms with Gasteiger partial charge in [0.2, 0.25) is 0 Å². The van der Waals surface area contributed by atoms with Crippen molar-refractivity contribution in [2.45, 2.75) is 13.8 Å². The Bertz CT molecular complexity index is 1600. The standard InChI is InChI=1S/C24H21FN4O4/c1-5-29-18-7-13(25)6-12(2)22(18)33-19-11-27(3)20(30)9-14(19)16-10-28(4)24(32)21-15(16)8-17(26-21)23(29)31/h6-11,26H,5H2,1-4H3. The van der Waals surface area contributed by atoms with E-state index >= 15 is 0 Å². The SMILES string of the molecule is CCN1C(=O)c2cc3c(cn(C)c(=O)c3[nH]2)-c2cc(=O)n(C)cc2Oc2c(C)cc(F)cc21. The lowest BCUT2D eigenvalue weighted by molar-refractivity contribution is 0.0983. The van der Waals surface area contributed by atoms with Gasteiger partial charge in [0, 0.05) is 55.5 Å². The Morgan fingerprint density at radius 1 is 1.00 bits per heavy atom. The Balaban J connectivity index is 1.97. The lowest BCUT2D eigenvalue weighted by atomic mass is 10.0. The van der Waals surface area contributed by atoms with E-state index in [-0.39, 0.29) is 34.6 Å². The van der Waals surface area contributed by atoms with E-state index in [0.29, 0.717) is 33.6 Å². The molecule has 4 aromatic rings. The topological polar surface area (TPSA) is 89.3 Å². The Morgan fingerprint density at radius 3 is 2.48 bits per heavy atom. The molecule has 168 valence electrons. The molecule has 5 rings (SSSR count). The predicted molar refractivity (Wildman–Crippen MR) is 123 cm³/mol. The van der Waals surface area contributed by atoms with Gasteiger partial charge in [-0.1, -0.05) is 0 Å². The molecule has 0 saturated heterocycles. The van der Waals surface area contributed by atoms with Crippen molar-refractivity contribution in [2.24, 2.45) is 14.1 Å². The fourth-order valence-corrected chi connectivity index (χ4v) is 4.29. The van der Waals surface area contributed by atoms with Gasteiger partial charge < -0.3 is 23.8 Å². The number of aromatic amines is 1. The van der Waals surface area contributed by atoms with Crippen LogP contribution in [0.4, 0.5) is 10.1 Å². The third kappa shape index (κ3) is 3.07. The van der Waals surface area contributed by atoms with Gasteiger partial charge in [0.05, 0.1) is 11.9 Å². The third-order valence-corrected chi connectivity index (χ3v) is 5.96. The van der Waals surface area contributed by atoms with Gasteiger partial charge in [0.15, 0.2) is 11.5 Å². The summed E-state index contributed by atoms with van der Waals surface area (Å²) in [6.07, 6.45) is 3.16. The van der Waals surface area contributed by atoms with Crippen LogP contribution in [0.5, 0.6) is 11.5 Å². The number of amides is 1. The number of carbonyl (C=O) groups excluding carboxylic acids is 1. The molecule has 1 aromatic carbocycles. The number of aryl methyl sites for hydroxylation is 3. The van der Waals surface area contributed by atoms with E-state index in [2.05, 4.69) is 4.98 Å². The number of ether oxygens (including phenoxy) is 1. The van der Waals surface area contributed by atoms with Crippen molar-refractivity contribution in [1.82, 2.24) is 14.1 Å². The fourth-order valence-electron chi connectivity index (χ4n) is 4.29. The maximum atomic E-state index is 14.4. The first-order chi connectivity index (χ1) is 15.7. The number of fused-ring (bicyclic) bond motifs is 4. The lowest BCUT2D eigenvalue weighted by Crippen LogP contribution is -2.31. The van der Waals surface area contributed by atoms with Crippen molar-refractivity contribution in [3.05, 3.63) is 74.4 Å². The molecule has 0 saturated carbocycles. The summed E-state index contributed by atoms with van der Waals surface area (Å²) in [4.78, 5) is 43.2. The Kier molecular flexibility index (Phi) is 4.52. The molecule has 1 amide bonds. The van der Waals surface area contributed by atoms with Crippen LogP contribution >= 0.6 is 0 Å². The number of rotatable bonds is 1. The van der Waals surface area contributed by atoms with Crippen LogP contribution in [0.25, 0.3) is 22.0 Å². The summed E-state index contributed by atoms with van der Waals surface area (Å²) >= 11 is 0. The molecular weight excluding hydrogens is 427 g/mol. The summed E-state index contributed by atoms with van der Waals surface area (Å²) in [5.41, 5.74) is 1.58. The number of carbonyl (C=O) groups is 1. The van der Waals surface area contributed by atoms with Crippen LogP contribution in [0.15, 0.2) is 46.2 Å². The lowest BCUT2D eigenvalue weighted by Gasteiger charge is -2.25. The Hall–Kier alpha value is -4.14. The second kappa shape index (κ2) is 7.19. The number of halogens is 1. The van der Waals surface area contributed by atoms with Gasteiger partial charge in [-0.25, -0.2) is 4.39 Å². The van der Waals surface area contributed by atoms with Gasteiger partial charge >= 0.3 is 0 Å². The van der Waals surface area contributed by atoms with Crippen LogP contribution < -0.4 is 20.8 Å². The number of benzene rings is 1. The average Bonchev–Trinajstić information content (AvgIpc) is 3.21. The molecule has 8 nitrogen and oxygen atoms in total. The number of nitrogens with zero attached hydrogens (tertiary/aromatic N) is 3. The van der Waals surface area contributed by atoms with E-state index in [1.54, 1.807) is 46.4 Å². The van der Waals surface area contributed by atoms with E-state index < -0.39 is 11.7 Å². The first kappa shape index (κ1) is 20.7. The maximum absolute atomic E-state index is 14.4. The number of pyridine rings is 2. The highest BCUT2D eigenvalue weighted by atomic mass is 19.1. The van der Waals surface area contributed by atoms with Gasteiger partial charge in [-0.15, -0.1) is 0 Å². The summed E-state index contributed by atoms with van der Waals surface area (Å²) in [6.45, 7) is 3.70. The summed E-state index contributed by atoms with van der Waals surface area (Å²) in [5, 5.41) is 0.490. The minimum absolute atomic E-state index is 0.177. The first-order valence-electron chi connectivity index (χ1n) is 10.4. The smallest absolute Gasteiger partial charge is 0.274 e. The molecule has 0 unspecified atom stereocenters. The first-order valence-corrected chi connectivity index (χ1v) is 10.4. The number of anilines is 1. The molecule has 0 atom stereocenters. The zero-order valence-corrected chi connectivity index (χ0v) is 18.5. The molecule has 0 spiro atoms. The fraction of sp³-hybridized carbons (Fsp3) is 0.208. The Labute approximate surface area is 187 Å². The molecule has 33 heavy (non-hydrogen) atoms. The average molecular weight is 448 g/mol. The van der Waals surface area contributed by atoms with Crippen molar-refractivity contribution in [3.63, 3.8) is 0 Å².